The Bertz CT molecular complexity index is 1490. The number of para-hydroxylation sites is 1. The van der Waals surface area contributed by atoms with E-state index in [0.29, 0.717) is 28.9 Å². The van der Waals surface area contributed by atoms with Crippen LogP contribution in [0.5, 0.6) is 0 Å². The van der Waals surface area contributed by atoms with Gasteiger partial charge in [-0.1, -0.05) is 29.5 Å². The highest BCUT2D eigenvalue weighted by Gasteiger charge is 2.47. The van der Waals surface area contributed by atoms with E-state index in [1.165, 1.54) is 11.3 Å². The number of fused-ring (bicyclic) bond motifs is 1. The zero-order valence-corrected chi connectivity index (χ0v) is 23.0. The number of nitrogens with one attached hydrogen (secondary N) is 2. The molecule has 2 atom stereocenters. The Morgan fingerprint density at radius 3 is 2.58 bits per heavy atom. The third-order valence-electron chi connectivity index (χ3n) is 7.29. The third-order valence-corrected chi connectivity index (χ3v) is 8.50. The van der Waals surface area contributed by atoms with E-state index in [4.69, 9.17) is 9.72 Å². The summed E-state index contributed by atoms with van der Waals surface area (Å²) < 4.78 is 47.8. The molecule has 4 aromatic rings. The number of hydrogen-bond donors (Lipinski definition) is 2. The Morgan fingerprint density at radius 2 is 1.88 bits per heavy atom. The second-order valence-electron chi connectivity index (χ2n) is 10.7. The first-order valence-electron chi connectivity index (χ1n) is 13.4. The summed E-state index contributed by atoms with van der Waals surface area (Å²) in [6.07, 6.45) is -4.71. The van der Waals surface area contributed by atoms with Crippen LogP contribution in [0.25, 0.3) is 21.3 Å². The number of H-pyrrole nitrogens is 1. The summed E-state index contributed by atoms with van der Waals surface area (Å²) in [7, 11) is 0. The summed E-state index contributed by atoms with van der Waals surface area (Å²) in [6, 6.07) is 13.3. The Hall–Kier alpha value is -3.44. The van der Waals surface area contributed by atoms with E-state index in [2.05, 4.69) is 15.3 Å². The first-order chi connectivity index (χ1) is 19.1. The Balaban J connectivity index is 1.34. The zero-order valence-electron chi connectivity index (χ0n) is 22.2. The molecule has 40 heavy (non-hydrogen) atoms. The molecule has 1 aromatic carbocycles. The minimum absolute atomic E-state index is 0.0347. The number of carbonyl (C=O) groups is 1. The molecule has 1 saturated heterocycles. The van der Waals surface area contributed by atoms with Crippen molar-refractivity contribution in [2.75, 3.05) is 18.0 Å². The summed E-state index contributed by atoms with van der Waals surface area (Å²) in [4.78, 5) is 27.4. The molecule has 210 valence electrons. The highest BCUT2D eigenvalue weighted by atomic mass is 32.1. The molecule has 2 fully saturated rings. The number of nitrogens with zero attached hydrogens (tertiary/aromatic N) is 3. The molecule has 0 radical (unpaired) electrons. The number of aromatic nitrogens is 3. The summed E-state index contributed by atoms with van der Waals surface area (Å²) >= 11 is 1.33. The van der Waals surface area contributed by atoms with Gasteiger partial charge < -0.3 is 19.9 Å². The molecule has 0 unspecified atom stereocenters. The normalized spacial score (nSPS) is 19.8. The summed E-state index contributed by atoms with van der Waals surface area (Å²) in [6.45, 7) is 3.84. The summed E-state index contributed by atoms with van der Waals surface area (Å²) in [5.74, 6) is 0.414. The number of benzene rings is 1. The number of pyridine rings is 1. The van der Waals surface area contributed by atoms with Gasteiger partial charge in [0.2, 0.25) is 5.91 Å². The van der Waals surface area contributed by atoms with Crippen molar-refractivity contribution in [1.82, 2.24) is 20.3 Å². The topological polar surface area (TPSA) is 83.1 Å². The van der Waals surface area contributed by atoms with Crippen molar-refractivity contribution in [1.29, 1.82) is 0 Å². The van der Waals surface area contributed by atoms with Crippen molar-refractivity contribution in [2.24, 2.45) is 5.92 Å². The number of aromatic amines is 1. The lowest BCUT2D eigenvalue weighted by Crippen LogP contribution is -2.50. The van der Waals surface area contributed by atoms with Gasteiger partial charge in [-0.25, -0.2) is 4.98 Å². The van der Waals surface area contributed by atoms with Gasteiger partial charge in [0.15, 0.2) is 11.2 Å². The van der Waals surface area contributed by atoms with Crippen LogP contribution in [-0.2, 0) is 16.1 Å². The van der Waals surface area contributed by atoms with E-state index in [-0.39, 0.29) is 25.5 Å². The van der Waals surface area contributed by atoms with E-state index in [0.717, 1.165) is 45.6 Å². The minimum Gasteiger partial charge on any atom is -0.356 e. The molecule has 2 aliphatic rings. The molecule has 1 aliphatic carbocycles. The largest absolute Gasteiger partial charge is 0.416 e. The first-order valence-corrected chi connectivity index (χ1v) is 14.2. The fourth-order valence-corrected chi connectivity index (χ4v) is 6.25. The van der Waals surface area contributed by atoms with Gasteiger partial charge in [-0.05, 0) is 67.8 Å². The number of hydrogen-bond acceptors (Lipinski definition) is 6. The van der Waals surface area contributed by atoms with Gasteiger partial charge in [0.05, 0.1) is 30.2 Å². The van der Waals surface area contributed by atoms with Crippen LogP contribution in [0, 0.1) is 19.8 Å². The van der Waals surface area contributed by atoms with Gasteiger partial charge in [0.25, 0.3) is 0 Å². The van der Waals surface area contributed by atoms with Gasteiger partial charge in [-0.15, -0.1) is 0 Å². The zero-order chi connectivity index (χ0) is 28.0. The molecule has 1 saturated carbocycles. The van der Waals surface area contributed by atoms with E-state index >= 15 is 0 Å². The van der Waals surface area contributed by atoms with Crippen LogP contribution in [0.3, 0.4) is 0 Å². The molecular weight excluding hydrogens is 539 g/mol. The van der Waals surface area contributed by atoms with Crippen molar-refractivity contribution in [3.05, 3.63) is 65.2 Å². The fourth-order valence-electron chi connectivity index (χ4n) is 5.16. The summed E-state index contributed by atoms with van der Waals surface area (Å²) in [5.41, 5.74) is 4.60. The molecule has 6 rings (SSSR count). The average molecular weight is 570 g/mol. The lowest BCUT2D eigenvalue weighted by Gasteiger charge is -2.38. The second-order valence-corrected chi connectivity index (χ2v) is 11.7. The number of morpholine rings is 1. The standard InChI is InChI=1S/C29H30F3N5O2S/c1-16-9-20(10-17(2)34-16)27-23(13-33-26(38)11-18-7-8-18)36-28(40-27)37-14-24(39-25(15-37)29(30,31)32)22-12-19-5-3-4-6-21(19)35-22/h3-6,9-10,12,18,24-25,35H,7-8,11,13-15H2,1-2H3,(H,33,38)/t24-,25-/m0/s1. The Kier molecular flexibility index (Phi) is 7.03. The average Bonchev–Trinajstić information content (AvgIpc) is 3.44. The molecule has 11 heteroatoms. The minimum atomic E-state index is -4.54. The predicted octanol–water partition coefficient (Wildman–Crippen LogP) is 6.23. The summed E-state index contributed by atoms with van der Waals surface area (Å²) in [5, 5.41) is 4.34. The number of aryl methyl sites for hydroxylation is 2. The van der Waals surface area contributed by atoms with Crippen LogP contribution in [0.15, 0.2) is 42.5 Å². The van der Waals surface area contributed by atoms with Gasteiger partial charge in [0, 0.05) is 29.0 Å². The molecule has 1 aliphatic heterocycles. The number of rotatable bonds is 7. The lowest BCUT2D eigenvalue weighted by molar-refractivity contribution is -0.237. The number of carbonyl (C=O) groups excluding carboxylic acids is 1. The number of thiazole rings is 1. The van der Waals surface area contributed by atoms with Crippen LogP contribution in [-0.4, -0.2) is 46.2 Å². The quantitative estimate of drug-likeness (QED) is 0.276. The maximum Gasteiger partial charge on any atom is 0.416 e. The molecule has 0 spiro atoms. The number of anilines is 1. The number of halogens is 3. The molecule has 4 heterocycles. The number of amides is 1. The van der Waals surface area contributed by atoms with Gasteiger partial charge in [0.1, 0.15) is 6.10 Å². The van der Waals surface area contributed by atoms with Crippen LogP contribution < -0.4 is 10.2 Å². The highest BCUT2D eigenvalue weighted by molar-refractivity contribution is 7.19. The smallest absolute Gasteiger partial charge is 0.356 e. The lowest BCUT2D eigenvalue weighted by atomic mass is 10.1. The van der Waals surface area contributed by atoms with Crippen molar-refractivity contribution in [2.45, 2.75) is 58.0 Å². The van der Waals surface area contributed by atoms with Gasteiger partial charge in [-0.3, -0.25) is 9.78 Å². The van der Waals surface area contributed by atoms with Crippen LogP contribution in [0.4, 0.5) is 18.3 Å². The molecule has 7 nitrogen and oxygen atoms in total. The van der Waals surface area contributed by atoms with Crippen molar-refractivity contribution < 1.29 is 22.7 Å². The van der Waals surface area contributed by atoms with Gasteiger partial charge in [-0.2, -0.15) is 13.2 Å². The number of alkyl halides is 3. The van der Waals surface area contributed by atoms with E-state index in [1.807, 2.05) is 56.3 Å². The highest BCUT2D eigenvalue weighted by Crippen LogP contribution is 2.40. The maximum absolute atomic E-state index is 14.0. The Morgan fingerprint density at radius 1 is 1.12 bits per heavy atom. The second kappa shape index (κ2) is 10.5. The molecule has 2 N–H and O–H groups in total. The predicted molar refractivity (Wildman–Crippen MR) is 148 cm³/mol. The van der Waals surface area contributed by atoms with Crippen molar-refractivity contribution in [3.63, 3.8) is 0 Å². The fraction of sp³-hybridized carbons (Fsp3) is 0.414. The maximum atomic E-state index is 14.0. The molecule has 3 aromatic heterocycles. The van der Waals surface area contributed by atoms with E-state index in [1.54, 1.807) is 4.90 Å². The molecule has 0 bridgehead atoms. The first kappa shape index (κ1) is 26.8. The molecule has 1 amide bonds. The van der Waals surface area contributed by atoms with Crippen LogP contribution in [0.1, 0.15) is 48.1 Å². The van der Waals surface area contributed by atoms with E-state index in [9.17, 15) is 18.0 Å². The van der Waals surface area contributed by atoms with Crippen molar-refractivity contribution in [3.8, 4) is 10.4 Å². The van der Waals surface area contributed by atoms with Gasteiger partial charge >= 0.3 is 6.18 Å². The molecular formula is C29H30F3N5O2S. The monoisotopic (exact) mass is 569 g/mol. The van der Waals surface area contributed by atoms with Crippen molar-refractivity contribution >= 4 is 33.3 Å². The Labute approximate surface area is 233 Å². The third kappa shape index (κ3) is 5.85. The SMILES string of the molecule is Cc1cc(-c2sc(N3C[C@@H](c4cc5ccccc5[nH]4)O[C@H](C(F)(F)F)C3)nc2CNC(=O)CC2CC2)cc(C)n1. The van der Waals surface area contributed by atoms with E-state index < -0.39 is 18.4 Å². The van der Waals surface area contributed by atoms with Crippen LogP contribution >= 0.6 is 11.3 Å². The van der Waals surface area contributed by atoms with Crippen LogP contribution in [0.2, 0.25) is 0 Å². The number of ether oxygens (including phenoxy) is 1.